The van der Waals surface area contributed by atoms with Crippen LogP contribution in [0.25, 0.3) is 16.8 Å². The van der Waals surface area contributed by atoms with E-state index in [9.17, 15) is 4.79 Å². The minimum Gasteiger partial charge on any atom is -0.494 e. The van der Waals surface area contributed by atoms with Gasteiger partial charge >= 0.3 is 0 Å². The van der Waals surface area contributed by atoms with E-state index in [0.717, 1.165) is 48.4 Å². The number of hydrogen-bond acceptors (Lipinski definition) is 5. The lowest BCUT2D eigenvalue weighted by molar-refractivity contribution is -0.113. The van der Waals surface area contributed by atoms with Crippen LogP contribution in [0.4, 0.5) is 5.69 Å². The van der Waals surface area contributed by atoms with Crippen molar-refractivity contribution in [3.63, 3.8) is 0 Å². The molecule has 4 nitrogen and oxygen atoms in total. The van der Waals surface area contributed by atoms with E-state index in [1.807, 2.05) is 48.5 Å². The first kappa shape index (κ1) is 23.5. The van der Waals surface area contributed by atoms with Crippen LogP contribution in [-0.4, -0.2) is 41.4 Å². The SMILES string of the molecule is CCN(CC)CCCOc1ccc(N2C(=O)/C(=C/c3ccc4ccccc4c3)SC2=S)cc1. The Morgan fingerprint density at radius 1 is 1.00 bits per heavy atom. The molecular formula is C27H28N2O2S2. The number of rotatable bonds is 9. The molecule has 0 radical (unpaired) electrons. The van der Waals surface area contributed by atoms with Crippen LogP contribution in [0.2, 0.25) is 0 Å². The fourth-order valence-corrected chi connectivity index (χ4v) is 5.15. The molecule has 1 aliphatic heterocycles. The molecule has 4 rings (SSSR count). The van der Waals surface area contributed by atoms with E-state index in [1.54, 1.807) is 4.90 Å². The van der Waals surface area contributed by atoms with Crippen molar-refractivity contribution in [1.29, 1.82) is 0 Å². The van der Waals surface area contributed by atoms with E-state index in [2.05, 4.69) is 43.0 Å². The van der Waals surface area contributed by atoms with E-state index in [0.29, 0.717) is 15.8 Å². The van der Waals surface area contributed by atoms with Crippen molar-refractivity contribution >= 4 is 56.7 Å². The van der Waals surface area contributed by atoms with Crippen molar-refractivity contribution in [2.45, 2.75) is 20.3 Å². The van der Waals surface area contributed by atoms with E-state index in [-0.39, 0.29) is 5.91 Å². The zero-order valence-electron chi connectivity index (χ0n) is 19.0. The quantitative estimate of drug-likeness (QED) is 0.204. The maximum absolute atomic E-state index is 13.1. The number of hydrogen-bond donors (Lipinski definition) is 0. The number of benzene rings is 3. The lowest BCUT2D eigenvalue weighted by Crippen LogP contribution is -2.27. The van der Waals surface area contributed by atoms with Gasteiger partial charge in [0.15, 0.2) is 4.32 Å². The van der Waals surface area contributed by atoms with Gasteiger partial charge < -0.3 is 9.64 Å². The Kier molecular flexibility index (Phi) is 7.81. The molecule has 1 fully saturated rings. The lowest BCUT2D eigenvalue weighted by atomic mass is 10.1. The predicted molar refractivity (Wildman–Crippen MR) is 144 cm³/mol. The summed E-state index contributed by atoms with van der Waals surface area (Å²) in [6.07, 6.45) is 2.90. The first-order valence-electron chi connectivity index (χ1n) is 11.3. The van der Waals surface area contributed by atoms with Crippen molar-refractivity contribution < 1.29 is 9.53 Å². The number of nitrogens with zero attached hydrogens (tertiary/aromatic N) is 2. The number of fused-ring (bicyclic) bond motifs is 1. The van der Waals surface area contributed by atoms with Crippen LogP contribution in [0.5, 0.6) is 5.75 Å². The summed E-state index contributed by atoms with van der Waals surface area (Å²) in [4.78, 5) is 17.7. The second-order valence-corrected chi connectivity index (χ2v) is 9.52. The van der Waals surface area contributed by atoms with Crippen molar-refractivity contribution in [3.8, 4) is 5.75 Å². The summed E-state index contributed by atoms with van der Waals surface area (Å²) in [5, 5.41) is 2.33. The van der Waals surface area contributed by atoms with Crippen LogP contribution in [-0.2, 0) is 4.79 Å². The third-order valence-electron chi connectivity index (χ3n) is 5.74. The molecular weight excluding hydrogens is 448 g/mol. The zero-order chi connectivity index (χ0) is 23.2. The molecule has 1 amide bonds. The Hall–Kier alpha value is -2.67. The number of thioether (sulfide) groups is 1. The zero-order valence-corrected chi connectivity index (χ0v) is 20.6. The molecule has 0 bridgehead atoms. The Bertz CT molecular complexity index is 1170. The van der Waals surface area contributed by atoms with Gasteiger partial charge in [0.1, 0.15) is 5.75 Å². The normalized spacial score (nSPS) is 15.2. The maximum Gasteiger partial charge on any atom is 0.270 e. The lowest BCUT2D eigenvalue weighted by Gasteiger charge is -2.18. The van der Waals surface area contributed by atoms with Gasteiger partial charge in [-0.1, -0.05) is 74.2 Å². The van der Waals surface area contributed by atoms with Crippen LogP contribution in [0.3, 0.4) is 0 Å². The van der Waals surface area contributed by atoms with Gasteiger partial charge in [0.05, 0.1) is 17.2 Å². The van der Waals surface area contributed by atoms with Gasteiger partial charge in [-0.25, -0.2) is 0 Å². The van der Waals surface area contributed by atoms with Crippen molar-refractivity contribution in [2.24, 2.45) is 0 Å². The van der Waals surface area contributed by atoms with Crippen LogP contribution in [0.15, 0.2) is 71.6 Å². The molecule has 1 heterocycles. The number of amides is 1. The van der Waals surface area contributed by atoms with Gasteiger partial charge in [-0.15, -0.1) is 0 Å². The summed E-state index contributed by atoms with van der Waals surface area (Å²) in [6.45, 7) is 8.17. The molecule has 0 spiro atoms. The second kappa shape index (κ2) is 11.0. The largest absolute Gasteiger partial charge is 0.494 e. The molecule has 0 aromatic heterocycles. The first-order valence-corrected chi connectivity index (χ1v) is 12.5. The third kappa shape index (κ3) is 5.64. The number of thiocarbonyl (C=S) groups is 1. The Balaban J connectivity index is 1.41. The molecule has 170 valence electrons. The maximum atomic E-state index is 13.1. The van der Waals surface area contributed by atoms with Crippen molar-refractivity contribution in [3.05, 3.63) is 77.2 Å². The Morgan fingerprint density at radius 2 is 1.73 bits per heavy atom. The average molecular weight is 477 g/mol. The Labute approximate surface area is 205 Å². The van der Waals surface area contributed by atoms with Gasteiger partial charge in [-0.2, -0.15) is 0 Å². The highest BCUT2D eigenvalue weighted by Crippen LogP contribution is 2.36. The monoisotopic (exact) mass is 476 g/mol. The second-order valence-electron chi connectivity index (χ2n) is 7.85. The van der Waals surface area contributed by atoms with Crippen LogP contribution in [0.1, 0.15) is 25.8 Å². The number of carbonyl (C=O) groups is 1. The fourth-order valence-electron chi connectivity index (χ4n) is 3.85. The van der Waals surface area contributed by atoms with Crippen molar-refractivity contribution in [2.75, 3.05) is 31.1 Å². The topological polar surface area (TPSA) is 32.8 Å². The predicted octanol–water partition coefficient (Wildman–Crippen LogP) is 6.36. The molecule has 0 N–H and O–H groups in total. The van der Waals surface area contributed by atoms with Crippen LogP contribution in [0, 0.1) is 0 Å². The minimum absolute atomic E-state index is 0.0916. The molecule has 0 atom stereocenters. The highest BCUT2D eigenvalue weighted by molar-refractivity contribution is 8.27. The molecule has 0 saturated carbocycles. The summed E-state index contributed by atoms with van der Waals surface area (Å²) in [5.74, 6) is 0.710. The van der Waals surface area contributed by atoms with Crippen LogP contribution < -0.4 is 9.64 Å². The van der Waals surface area contributed by atoms with Gasteiger partial charge in [0.2, 0.25) is 0 Å². The van der Waals surface area contributed by atoms with E-state index >= 15 is 0 Å². The van der Waals surface area contributed by atoms with Gasteiger partial charge in [-0.3, -0.25) is 9.69 Å². The van der Waals surface area contributed by atoms with Crippen LogP contribution >= 0.6 is 24.0 Å². The molecule has 1 saturated heterocycles. The summed E-state index contributed by atoms with van der Waals surface area (Å²) >= 11 is 6.86. The molecule has 1 aliphatic rings. The number of carbonyl (C=O) groups excluding carboxylic acids is 1. The summed E-state index contributed by atoms with van der Waals surface area (Å²) < 4.78 is 6.41. The van der Waals surface area contributed by atoms with Gasteiger partial charge in [0.25, 0.3) is 5.91 Å². The summed E-state index contributed by atoms with van der Waals surface area (Å²) in [5.41, 5.74) is 1.75. The minimum atomic E-state index is -0.0916. The van der Waals surface area contributed by atoms with Crippen molar-refractivity contribution in [1.82, 2.24) is 4.90 Å². The van der Waals surface area contributed by atoms with E-state index in [1.165, 1.54) is 17.1 Å². The van der Waals surface area contributed by atoms with Gasteiger partial charge in [-0.05, 0) is 72.3 Å². The molecule has 6 heteroatoms. The Morgan fingerprint density at radius 3 is 2.45 bits per heavy atom. The number of anilines is 1. The third-order valence-corrected chi connectivity index (χ3v) is 7.04. The molecule has 0 aliphatic carbocycles. The number of ether oxygens (including phenoxy) is 1. The van der Waals surface area contributed by atoms with E-state index in [4.69, 9.17) is 17.0 Å². The highest BCUT2D eigenvalue weighted by Gasteiger charge is 2.33. The summed E-state index contributed by atoms with van der Waals surface area (Å²) in [6, 6.07) is 22.0. The van der Waals surface area contributed by atoms with Gasteiger partial charge in [0, 0.05) is 6.54 Å². The molecule has 3 aromatic rings. The smallest absolute Gasteiger partial charge is 0.270 e. The highest BCUT2D eigenvalue weighted by atomic mass is 32.2. The van der Waals surface area contributed by atoms with E-state index < -0.39 is 0 Å². The first-order chi connectivity index (χ1) is 16.1. The molecule has 3 aromatic carbocycles. The molecule has 33 heavy (non-hydrogen) atoms. The summed E-state index contributed by atoms with van der Waals surface area (Å²) in [7, 11) is 0. The fraction of sp³-hybridized carbons (Fsp3) is 0.259. The molecule has 0 unspecified atom stereocenters. The average Bonchev–Trinajstić information content (AvgIpc) is 3.12. The standard InChI is InChI=1S/C27H28N2O2S2/c1-3-28(4-2)16-7-17-31-24-14-12-23(13-15-24)29-26(30)25(33-27(29)32)19-20-10-11-21-8-5-6-9-22(21)18-20/h5-6,8-15,18-19H,3-4,7,16-17H2,1-2H3/b25-19-.